The molecule has 0 atom stereocenters. The van der Waals surface area contributed by atoms with Crippen LogP contribution < -0.4 is 5.14 Å². The molecule has 0 spiro atoms. The third kappa shape index (κ3) is 3.88. The molecule has 0 aliphatic rings. The van der Waals surface area contributed by atoms with Gasteiger partial charge in [-0.2, -0.15) is 0 Å². The Bertz CT molecular complexity index is 569. The van der Waals surface area contributed by atoms with Crippen LogP contribution in [0.1, 0.15) is 10.4 Å². The summed E-state index contributed by atoms with van der Waals surface area (Å²) in [7, 11) is -3.98. The lowest BCUT2D eigenvalue weighted by molar-refractivity contribution is 0.0739. The molecule has 0 aromatic heterocycles. The maximum absolute atomic E-state index is 12.2. The van der Waals surface area contributed by atoms with Gasteiger partial charge in [0.15, 0.2) is 0 Å². The molecule has 0 radical (unpaired) electrons. The molecule has 0 aliphatic carbocycles. The minimum Gasteiger partial charge on any atom is -0.395 e. The first-order valence-corrected chi connectivity index (χ1v) is 7.09. The van der Waals surface area contributed by atoms with E-state index in [1.165, 1.54) is 29.2 Å². The van der Waals surface area contributed by atoms with Crippen LogP contribution in [0.3, 0.4) is 0 Å². The molecule has 0 saturated heterocycles. The van der Waals surface area contributed by atoms with Crippen molar-refractivity contribution in [1.29, 1.82) is 0 Å². The number of nitrogens with zero attached hydrogens (tertiary/aromatic N) is 1. The van der Waals surface area contributed by atoms with Crippen molar-refractivity contribution in [3.05, 3.63) is 42.5 Å². The molecule has 0 fully saturated rings. The molecule has 19 heavy (non-hydrogen) atoms. The molecular weight excluding hydrogens is 268 g/mol. The highest BCUT2D eigenvalue weighted by Gasteiger charge is 2.22. The first-order chi connectivity index (χ1) is 8.91. The zero-order valence-corrected chi connectivity index (χ0v) is 11.1. The first-order valence-electron chi connectivity index (χ1n) is 5.54. The predicted molar refractivity (Wildman–Crippen MR) is 71.0 cm³/mol. The van der Waals surface area contributed by atoms with Crippen LogP contribution in [-0.4, -0.2) is 44.0 Å². The van der Waals surface area contributed by atoms with Gasteiger partial charge >= 0.3 is 0 Å². The minimum absolute atomic E-state index is 0.0136. The predicted octanol–water partition coefficient (Wildman–Crippen LogP) is -0.0455. The zero-order chi connectivity index (χ0) is 14.5. The Balaban J connectivity index is 3.21. The molecular formula is C12H16N2O4S. The van der Waals surface area contributed by atoms with E-state index >= 15 is 0 Å². The van der Waals surface area contributed by atoms with Gasteiger partial charge in [-0.1, -0.05) is 18.2 Å². The summed E-state index contributed by atoms with van der Waals surface area (Å²) in [6.45, 7) is 3.58. The van der Waals surface area contributed by atoms with Crippen molar-refractivity contribution in [3.63, 3.8) is 0 Å². The molecule has 0 aliphatic heterocycles. The Kier molecular flexibility index (Phi) is 5.22. The molecule has 6 nitrogen and oxygen atoms in total. The number of carbonyl (C=O) groups is 1. The number of hydrogen-bond donors (Lipinski definition) is 2. The highest BCUT2D eigenvalue weighted by atomic mass is 32.2. The van der Waals surface area contributed by atoms with Gasteiger partial charge in [-0.15, -0.1) is 6.58 Å². The lowest BCUT2D eigenvalue weighted by Gasteiger charge is -2.21. The van der Waals surface area contributed by atoms with Gasteiger partial charge in [0.25, 0.3) is 5.91 Å². The summed E-state index contributed by atoms with van der Waals surface area (Å²) < 4.78 is 22.9. The standard InChI is InChI=1S/C12H16N2O4S/c1-2-7-14(8-9-15)12(16)10-5-3-4-6-11(10)19(13,17)18/h2-6,15H,1,7-9H2,(H2,13,17,18). The van der Waals surface area contributed by atoms with Gasteiger partial charge in [0.1, 0.15) is 0 Å². The highest BCUT2D eigenvalue weighted by Crippen LogP contribution is 2.16. The van der Waals surface area contributed by atoms with E-state index in [4.69, 9.17) is 10.2 Å². The van der Waals surface area contributed by atoms with Crippen LogP contribution in [-0.2, 0) is 10.0 Å². The second kappa shape index (κ2) is 6.46. The largest absolute Gasteiger partial charge is 0.395 e. The third-order valence-corrected chi connectivity index (χ3v) is 3.40. The molecule has 7 heteroatoms. The van der Waals surface area contributed by atoms with E-state index in [0.717, 1.165) is 0 Å². The lowest BCUT2D eigenvalue weighted by Crippen LogP contribution is -2.35. The van der Waals surface area contributed by atoms with Gasteiger partial charge in [0.05, 0.1) is 17.1 Å². The van der Waals surface area contributed by atoms with Gasteiger partial charge in [-0.25, -0.2) is 13.6 Å². The maximum atomic E-state index is 12.2. The van der Waals surface area contributed by atoms with Gasteiger partial charge in [0.2, 0.25) is 10.0 Å². The lowest BCUT2D eigenvalue weighted by atomic mass is 10.2. The summed E-state index contributed by atoms with van der Waals surface area (Å²) >= 11 is 0. The molecule has 1 rings (SSSR count). The molecule has 1 aromatic carbocycles. The van der Waals surface area contributed by atoms with Crippen LogP contribution in [0.2, 0.25) is 0 Å². The molecule has 3 N–H and O–H groups in total. The summed E-state index contributed by atoms with van der Waals surface area (Å²) in [4.78, 5) is 13.3. The Morgan fingerprint density at radius 1 is 1.42 bits per heavy atom. The molecule has 1 amide bonds. The van der Waals surface area contributed by atoms with Crippen LogP contribution in [0.4, 0.5) is 0 Å². The Morgan fingerprint density at radius 2 is 2.05 bits per heavy atom. The van der Waals surface area contributed by atoms with E-state index in [-0.39, 0.29) is 30.2 Å². The Hall–Kier alpha value is -1.70. The third-order valence-electron chi connectivity index (χ3n) is 2.43. The fourth-order valence-electron chi connectivity index (χ4n) is 1.61. The topological polar surface area (TPSA) is 101 Å². The summed E-state index contributed by atoms with van der Waals surface area (Å²) in [6, 6.07) is 5.69. The molecule has 1 aromatic rings. The fourth-order valence-corrected chi connectivity index (χ4v) is 2.34. The van der Waals surface area contributed by atoms with Crippen LogP contribution in [0.5, 0.6) is 0 Å². The molecule has 0 unspecified atom stereocenters. The van der Waals surface area contributed by atoms with Crippen molar-refractivity contribution in [2.45, 2.75) is 4.90 Å². The van der Waals surface area contributed by atoms with Crippen LogP contribution in [0, 0.1) is 0 Å². The van der Waals surface area contributed by atoms with Gasteiger partial charge in [-0.3, -0.25) is 4.79 Å². The average molecular weight is 284 g/mol. The Morgan fingerprint density at radius 3 is 2.58 bits per heavy atom. The van der Waals surface area contributed by atoms with Crippen molar-refractivity contribution >= 4 is 15.9 Å². The van der Waals surface area contributed by atoms with Crippen molar-refractivity contribution in [2.75, 3.05) is 19.7 Å². The van der Waals surface area contributed by atoms with E-state index in [1.54, 1.807) is 6.07 Å². The van der Waals surface area contributed by atoms with Gasteiger partial charge < -0.3 is 10.0 Å². The number of aliphatic hydroxyl groups is 1. The average Bonchev–Trinajstić information content (AvgIpc) is 2.37. The van der Waals surface area contributed by atoms with Crippen molar-refractivity contribution in [3.8, 4) is 0 Å². The van der Waals surface area contributed by atoms with Crippen LogP contribution in [0.25, 0.3) is 0 Å². The second-order valence-corrected chi connectivity index (χ2v) is 5.33. The summed E-state index contributed by atoms with van der Waals surface area (Å²) in [5.41, 5.74) is -0.0136. The number of aliphatic hydroxyl groups excluding tert-OH is 1. The number of rotatable bonds is 6. The number of hydrogen-bond acceptors (Lipinski definition) is 4. The fraction of sp³-hybridized carbons (Fsp3) is 0.250. The molecule has 104 valence electrons. The quantitative estimate of drug-likeness (QED) is 0.715. The van der Waals surface area contributed by atoms with E-state index in [2.05, 4.69) is 6.58 Å². The highest BCUT2D eigenvalue weighted by molar-refractivity contribution is 7.89. The number of primary sulfonamides is 1. The molecule has 0 bridgehead atoms. The van der Waals surface area contributed by atoms with Crippen LogP contribution >= 0.6 is 0 Å². The second-order valence-electron chi connectivity index (χ2n) is 3.80. The number of carbonyl (C=O) groups excluding carboxylic acids is 1. The SMILES string of the molecule is C=CCN(CCO)C(=O)c1ccccc1S(N)(=O)=O. The van der Waals surface area contributed by atoms with E-state index in [0.29, 0.717) is 0 Å². The minimum atomic E-state index is -3.98. The summed E-state index contributed by atoms with van der Waals surface area (Å²) in [5, 5.41) is 14.0. The number of benzene rings is 1. The maximum Gasteiger partial charge on any atom is 0.255 e. The van der Waals surface area contributed by atoms with Crippen molar-refractivity contribution in [2.24, 2.45) is 5.14 Å². The van der Waals surface area contributed by atoms with Gasteiger partial charge in [0, 0.05) is 13.1 Å². The van der Waals surface area contributed by atoms with Crippen molar-refractivity contribution < 1.29 is 18.3 Å². The summed E-state index contributed by atoms with van der Waals surface area (Å²) in [5.74, 6) is -0.515. The smallest absolute Gasteiger partial charge is 0.255 e. The summed E-state index contributed by atoms with van der Waals surface area (Å²) in [6.07, 6.45) is 1.49. The van der Waals surface area contributed by atoms with Gasteiger partial charge in [-0.05, 0) is 12.1 Å². The number of amides is 1. The number of sulfonamides is 1. The zero-order valence-electron chi connectivity index (χ0n) is 10.3. The Labute approximate surface area is 112 Å². The monoisotopic (exact) mass is 284 g/mol. The van der Waals surface area contributed by atoms with Crippen molar-refractivity contribution in [1.82, 2.24) is 4.90 Å². The molecule has 0 heterocycles. The van der Waals surface area contributed by atoms with Crippen LogP contribution in [0.15, 0.2) is 41.8 Å². The molecule has 0 saturated carbocycles. The van der Waals surface area contributed by atoms with E-state index < -0.39 is 15.9 Å². The first kappa shape index (κ1) is 15.4. The van der Waals surface area contributed by atoms with E-state index in [1.807, 2.05) is 0 Å². The normalized spacial score (nSPS) is 11.1. The number of nitrogens with two attached hydrogens (primary N) is 1. The van der Waals surface area contributed by atoms with E-state index in [9.17, 15) is 13.2 Å².